The minimum Gasteiger partial charge on any atom is -0.370 e. The molecule has 0 saturated heterocycles. The van der Waals surface area contributed by atoms with Crippen LogP contribution < -0.4 is 33.2 Å². The standard InChI is InChI=1S/C21H29N7O7S/c22-8-2-1-3-13-20(32)26-14(5-7-17(23)29)21(33)27-15(18(24)30)10-36-16-6-4-11(28(34)35)9-12(16)19(31)25-13/h4,6,9,13-15H,1-3,5,7-8,10,22H2,(H2,23,29)(H2,24,30)(H,25,31)(H,26,32)(H,27,33)/t13-,14-,15-/m0/s1. The molecule has 0 spiro atoms. The summed E-state index contributed by atoms with van der Waals surface area (Å²) in [6, 6.07) is 0.0477. The van der Waals surface area contributed by atoms with E-state index in [-0.39, 0.29) is 41.2 Å². The molecule has 2 rings (SSSR count). The summed E-state index contributed by atoms with van der Waals surface area (Å²) >= 11 is 0.979. The molecule has 1 aromatic rings. The zero-order valence-corrected chi connectivity index (χ0v) is 20.2. The second-order valence-electron chi connectivity index (χ2n) is 8.09. The summed E-state index contributed by atoms with van der Waals surface area (Å²) in [5.41, 5.74) is 15.7. The number of fused-ring (bicyclic) bond motifs is 1. The predicted molar refractivity (Wildman–Crippen MR) is 129 cm³/mol. The van der Waals surface area contributed by atoms with Gasteiger partial charge in [-0.1, -0.05) is 0 Å². The maximum Gasteiger partial charge on any atom is 0.270 e. The lowest BCUT2D eigenvalue weighted by Gasteiger charge is -2.24. The van der Waals surface area contributed by atoms with Crippen molar-refractivity contribution in [3.05, 3.63) is 33.9 Å². The van der Waals surface area contributed by atoms with Gasteiger partial charge in [0, 0.05) is 29.2 Å². The summed E-state index contributed by atoms with van der Waals surface area (Å²) in [6.07, 6.45) is 0.812. The molecular formula is C21H29N7O7S. The molecule has 196 valence electrons. The number of nitro groups is 1. The molecule has 0 aliphatic carbocycles. The predicted octanol–water partition coefficient (Wildman–Crippen LogP) is -1.35. The lowest BCUT2D eigenvalue weighted by Crippen LogP contribution is -2.56. The van der Waals surface area contributed by atoms with E-state index in [1.807, 2.05) is 0 Å². The molecule has 1 heterocycles. The van der Waals surface area contributed by atoms with Crippen LogP contribution in [0, 0.1) is 10.1 Å². The fourth-order valence-electron chi connectivity index (χ4n) is 3.40. The molecule has 1 aliphatic rings. The molecular weight excluding hydrogens is 494 g/mol. The zero-order valence-electron chi connectivity index (χ0n) is 19.4. The molecule has 1 aliphatic heterocycles. The van der Waals surface area contributed by atoms with Crippen LogP contribution in [-0.2, 0) is 19.2 Å². The first-order valence-electron chi connectivity index (χ1n) is 11.1. The van der Waals surface area contributed by atoms with Gasteiger partial charge in [0.05, 0.1) is 10.5 Å². The number of nitrogens with two attached hydrogens (primary N) is 3. The van der Waals surface area contributed by atoms with Crippen LogP contribution >= 0.6 is 11.8 Å². The SMILES string of the molecule is NCCCC[C@@H]1NC(=O)c2cc([N+](=O)[O-])ccc2SC[C@@H](C(N)=O)NC(=O)[C@H](CCC(N)=O)NC1=O. The smallest absolute Gasteiger partial charge is 0.270 e. The maximum absolute atomic E-state index is 13.2. The van der Waals surface area contributed by atoms with Gasteiger partial charge >= 0.3 is 0 Å². The molecule has 15 heteroatoms. The molecule has 0 unspecified atom stereocenters. The van der Waals surface area contributed by atoms with E-state index < -0.39 is 52.6 Å². The van der Waals surface area contributed by atoms with Gasteiger partial charge in [0.15, 0.2) is 0 Å². The van der Waals surface area contributed by atoms with Gasteiger partial charge in [-0.25, -0.2) is 0 Å². The van der Waals surface area contributed by atoms with Crippen LogP contribution in [0.25, 0.3) is 0 Å². The molecule has 0 bridgehead atoms. The van der Waals surface area contributed by atoms with E-state index in [0.29, 0.717) is 19.4 Å². The number of thioether (sulfide) groups is 1. The quantitative estimate of drug-likeness (QED) is 0.127. The highest BCUT2D eigenvalue weighted by Gasteiger charge is 2.31. The van der Waals surface area contributed by atoms with E-state index in [0.717, 1.165) is 17.8 Å². The summed E-state index contributed by atoms with van der Waals surface area (Å²) in [6.45, 7) is 0.353. The van der Waals surface area contributed by atoms with Crippen molar-refractivity contribution in [2.75, 3.05) is 12.3 Å². The fourth-order valence-corrected chi connectivity index (χ4v) is 4.47. The third-order valence-corrected chi connectivity index (χ3v) is 6.53. The Morgan fingerprint density at radius 3 is 2.31 bits per heavy atom. The molecule has 0 radical (unpaired) electrons. The monoisotopic (exact) mass is 523 g/mol. The summed E-state index contributed by atoms with van der Waals surface area (Å²) in [7, 11) is 0. The molecule has 5 amide bonds. The molecule has 14 nitrogen and oxygen atoms in total. The average Bonchev–Trinajstić information content (AvgIpc) is 2.82. The van der Waals surface area contributed by atoms with Gasteiger partial charge in [0.2, 0.25) is 23.6 Å². The third-order valence-electron chi connectivity index (χ3n) is 5.37. The molecule has 0 aromatic heterocycles. The highest BCUT2D eigenvalue weighted by Crippen LogP contribution is 2.28. The number of nitrogens with one attached hydrogen (secondary N) is 3. The Kier molecular flexibility index (Phi) is 10.6. The lowest BCUT2D eigenvalue weighted by atomic mass is 10.0. The second-order valence-corrected chi connectivity index (χ2v) is 9.15. The summed E-state index contributed by atoms with van der Waals surface area (Å²) < 4.78 is 0. The number of benzene rings is 1. The van der Waals surface area contributed by atoms with Gasteiger partial charge in [-0.3, -0.25) is 34.1 Å². The highest BCUT2D eigenvalue weighted by molar-refractivity contribution is 7.99. The number of carbonyl (C=O) groups excluding carboxylic acids is 5. The van der Waals surface area contributed by atoms with Crippen LogP contribution in [0.4, 0.5) is 5.69 Å². The van der Waals surface area contributed by atoms with E-state index in [4.69, 9.17) is 17.2 Å². The zero-order chi connectivity index (χ0) is 26.8. The van der Waals surface area contributed by atoms with E-state index in [1.165, 1.54) is 12.1 Å². The normalized spacial score (nSPS) is 20.9. The Hall–Kier alpha value is -3.72. The van der Waals surface area contributed by atoms with Crippen LogP contribution in [-0.4, -0.2) is 64.9 Å². The average molecular weight is 524 g/mol. The minimum absolute atomic E-state index is 0.0788. The summed E-state index contributed by atoms with van der Waals surface area (Å²) in [5, 5.41) is 18.8. The van der Waals surface area contributed by atoms with E-state index in [1.54, 1.807) is 0 Å². The lowest BCUT2D eigenvalue weighted by molar-refractivity contribution is -0.384. The van der Waals surface area contributed by atoms with Crippen molar-refractivity contribution in [2.45, 2.75) is 55.1 Å². The van der Waals surface area contributed by atoms with Crippen molar-refractivity contribution in [3.8, 4) is 0 Å². The van der Waals surface area contributed by atoms with Crippen LogP contribution in [0.5, 0.6) is 0 Å². The van der Waals surface area contributed by atoms with E-state index >= 15 is 0 Å². The highest BCUT2D eigenvalue weighted by atomic mass is 32.2. The van der Waals surface area contributed by atoms with E-state index in [2.05, 4.69) is 16.0 Å². The van der Waals surface area contributed by atoms with Crippen molar-refractivity contribution < 1.29 is 28.9 Å². The van der Waals surface area contributed by atoms with Gasteiger partial charge in [-0.15, -0.1) is 11.8 Å². The molecule has 9 N–H and O–H groups in total. The van der Waals surface area contributed by atoms with Crippen LogP contribution in [0.1, 0.15) is 42.5 Å². The molecule has 0 fully saturated rings. The first-order chi connectivity index (χ1) is 17.0. The maximum atomic E-state index is 13.2. The summed E-state index contributed by atoms with van der Waals surface area (Å²) in [4.78, 5) is 73.4. The number of rotatable bonds is 9. The number of carbonyl (C=O) groups is 5. The Morgan fingerprint density at radius 2 is 1.69 bits per heavy atom. The number of hydrogen-bond donors (Lipinski definition) is 6. The van der Waals surface area contributed by atoms with Gasteiger partial charge in [-0.05, 0) is 38.3 Å². The first-order valence-corrected chi connectivity index (χ1v) is 12.1. The molecule has 1 aromatic carbocycles. The number of unbranched alkanes of at least 4 members (excludes halogenated alkanes) is 1. The minimum atomic E-state index is -1.24. The van der Waals surface area contributed by atoms with Crippen molar-refractivity contribution >= 4 is 47.0 Å². The van der Waals surface area contributed by atoms with Crippen LogP contribution in [0.3, 0.4) is 0 Å². The van der Waals surface area contributed by atoms with Crippen molar-refractivity contribution in [3.63, 3.8) is 0 Å². The Labute approximate surface area is 210 Å². The number of primary amides is 2. The Morgan fingerprint density at radius 1 is 1.03 bits per heavy atom. The van der Waals surface area contributed by atoms with Crippen molar-refractivity contribution in [1.82, 2.24) is 16.0 Å². The number of nitro benzene ring substituents is 1. The van der Waals surface area contributed by atoms with Gasteiger partial charge < -0.3 is 33.2 Å². The second kappa shape index (κ2) is 13.4. The largest absolute Gasteiger partial charge is 0.370 e. The van der Waals surface area contributed by atoms with Crippen LogP contribution in [0.2, 0.25) is 0 Å². The number of amides is 5. The Balaban J connectivity index is 2.50. The van der Waals surface area contributed by atoms with Gasteiger partial charge in [0.25, 0.3) is 11.6 Å². The van der Waals surface area contributed by atoms with E-state index in [9.17, 15) is 34.1 Å². The summed E-state index contributed by atoms with van der Waals surface area (Å²) in [5.74, 6) is -3.92. The first kappa shape index (κ1) is 28.5. The molecule has 3 atom stereocenters. The molecule has 0 saturated carbocycles. The van der Waals surface area contributed by atoms with Gasteiger partial charge in [0.1, 0.15) is 18.1 Å². The van der Waals surface area contributed by atoms with Crippen molar-refractivity contribution in [2.24, 2.45) is 17.2 Å². The molecule has 36 heavy (non-hydrogen) atoms. The van der Waals surface area contributed by atoms with Gasteiger partial charge in [-0.2, -0.15) is 0 Å². The third kappa shape index (κ3) is 8.20. The topological polar surface area (TPSA) is 243 Å². The number of non-ortho nitro benzene ring substituents is 1. The number of nitrogens with zero attached hydrogens (tertiary/aromatic N) is 1. The van der Waals surface area contributed by atoms with Crippen LogP contribution in [0.15, 0.2) is 23.1 Å². The Bertz CT molecular complexity index is 1040. The van der Waals surface area contributed by atoms with Crippen molar-refractivity contribution in [1.29, 1.82) is 0 Å². The fraction of sp³-hybridized carbons (Fsp3) is 0.476. The number of hydrogen-bond acceptors (Lipinski definition) is 9.